The normalized spacial score (nSPS) is 12.9. The molecule has 6 heteroatoms. The van der Waals surface area contributed by atoms with E-state index in [1.807, 2.05) is 13.8 Å². The molecule has 3 N–H and O–H groups in total. The number of carboxylic acid groups (broad SMARTS) is 1. The van der Waals surface area contributed by atoms with Crippen LogP contribution in [0, 0.1) is 5.41 Å². The molecule has 100 valence electrons. The van der Waals surface area contributed by atoms with Gasteiger partial charge in [0.25, 0.3) is 0 Å². The van der Waals surface area contributed by atoms with Crippen LogP contribution in [0.5, 0.6) is 0 Å². The number of amides is 2. The fraction of sp³-hybridized carbons (Fsp3) is 0.818. The predicted molar refractivity (Wildman–Crippen MR) is 63.9 cm³/mol. The van der Waals surface area contributed by atoms with Gasteiger partial charge in [0.1, 0.15) is 0 Å². The number of ether oxygens (including phenoxy) is 1. The summed E-state index contributed by atoms with van der Waals surface area (Å²) in [5.74, 6) is -0.944. The first-order chi connectivity index (χ1) is 7.79. The van der Waals surface area contributed by atoms with Crippen molar-refractivity contribution in [1.82, 2.24) is 10.6 Å². The SMILES string of the molecule is CCOC(C)CNC(=O)NCC(C)(C)C(=O)O. The van der Waals surface area contributed by atoms with Crippen LogP contribution < -0.4 is 10.6 Å². The molecule has 2 amide bonds. The lowest BCUT2D eigenvalue weighted by molar-refractivity contribution is -0.146. The molecule has 1 unspecified atom stereocenters. The van der Waals surface area contributed by atoms with Crippen molar-refractivity contribution in [2.24, 2.45) is 5.41 Å². The Morgan fingerprint density at radius 2 is 1.94 bits per heavy atom. The number of hydrogen-bond donors (Lipinski definition) is 3. The number of nitrogens with one attached hydrogen (secondary N) is 2. The van der Waals surface area contributed by atoms with Gasteiger partial charge in [0.2, 0.25) is 0 Å². The maximum atomic E-state index is 11.4. The summed E-state index contributed by atoms with van der Waals surface area (Å²) in [6.45, 7) is 7.91. The van der Waals surface area contributed by atoms with E-state index in [4.69, 9.17) is 9.84 Å². The number of carbonyl (C=O) groups excluding carboxylic acids is 1. The average Bonchev–Trinajstić information content (AvgIpc) is 2.24. The predicted octanol–water partition coefficient (Wildman–Crippen LogP) is 0.821. The van der Waals surface area contributed by atoms with E-state index in [0.29, 0.717) is 13.2 Å². The van der Waals surface area contributed by atoms with Crippen molar-refractivity contribution < 1.29 is 19.4 Å². The highest BCUT2D eigenvalue weighted by Gasteiger charge is 2.27. The topological polar surface area (TPSA) is 87.7 Å². The van der Waals surface area contributed by atoms with Crippen molar-refractivity contribution in [2.45, 2.75) is 33.8 Å². The Balaban J connectivity index is 3.84. The lowest BCUT2D eigenvalue weighted by atomic mass is 9.94. The first kappa shape index (κ1) is 15.7. The fourth-order valence-corrected chi connectivity index (χ4v) is 1.02. The van der Waals surface area contributed by atoms with Crippen LogP contribution in [0.15, 0.2) is 0 Å². The van der Waals surface area contributed by atoms with E-state index < -0.39 is 11.4 Å². The second kappa shape index (κ2) is 7.11. The molecule has 0 heterocycles. The molecule has 0 aromatic rings. The number of aliphatic carboxylic acids is 1. The number of urea groups is 1. The molecule has 0 aliphatic heterocycles. The molecule has 0 aliphatic rings. The lowest BCUT2D eigenvalue weighted by Gasteiger charge is -2.20. The second-order valence-corrected chi connectivity index (χ2v) is 4.52. The zero-order chi connectivity index (χ0) is 13.5. The average molecular weight is 246 g/mol. The van der Waals surface area contributed by atoms with Gasteiger partial charge in [-0.15, -0.1) is 0 Å². The third-order valence-corrected chi connectivity index (χ3v) is 2.27. The molecule has 17 heavy (non-hydrogen) atoms. The smallest absolute Gasteiger partial charge is 0.314 e. The number of carboxylic acids is 1. The van der Waals surface area contributed by atoms with E-state index in [1.54, 1.807) is 13.8 Å². The highest BCUT2D eigenvalue weighted by Crippen LogP contribution is 2.12. The molecule has 0 saturated heterocycles. The van der Waals surface area contributed by atoms with Gasteiger partial charge in [-0.2, -0.15) is 0 Å². The highest BCUT2D eigenvalue weighted by atomic mass is 16.5. The van der Waals surface area contributed by atoms with Gasteiger partial charge in [0, 0.05) is 19.7 Å². The highest BCUT2D eigenvalue weighted by molar-refractivity contribution is 5.77. The molecule has 0 rings (SSSR count). The molecule has 6 nitrogen and oxygen atoms in total. The van der Waals surface area contributed by atoms with Gasteiger partial charge in [-0.25, -0.2) is 4.79 Å². The van der Waals surface area contributed by atoms with Gasteiger partial charge in [-0.05, 0) is 27.7 Å². The Labute approximate surface area is 102 Å². The van der Waals surface area contributed by atoms with Gasteiger partial charge in [0.15, 0.2) is 0 Å². The van der Waals surface area contributed by atoms with Gasteiger partial charge < -0.3 is 20.5 Å². The second-order valence-electron chi connectivity index (χ2n) is 4.52. The van der Waals surface area contributed by atoms with Crippen molar-refractivity contribution in [3.63, 3.8) is 0 Å². The van der Waals surface area contributed by atoms with Crippen molar-refractivity contribution in [1.29, 1.82) is 0 Å². The summed E-state index contributed by atoms with van der Waals surface area (Å²) in [6, 6.07) is -0.383. The van der Waals surface area contributed by atoms with E-state index in [9.17, 15) is 9.59 Å². The summed E-state index contributed by atoms with van der Waals surface area (Å²) in [5.41, 5.74) is -0.969. The molecule has 0 aromatic heterocycles. The Hall–Kier alpha value is -1.30. The molecule has 0 aromatic carbocycles. The van der Waals surface area contributed by atoms with Crippen LogP contribution in [-0.4, -0.2) is 42.9 Å². The molecule has 0 radical (unpaired) electrons. The molecular formula is C11H22N2O4. The van der Waals surface area contributed by atoms with Crippen molar-refractivity contribution in [3.8, 4) is 0 Å². The van der Waals surface area contributed by atoms with Crippen molar-refractivity contribution in [3.05, 3.63) is 0 Å². The van der Waals surface area contributed by atoms with Crippen LogP contribution in [0.3, 0.4) is 0 Å². The van der Waals surface area contributed by atoms with E-state index >= 15 is 0 Å². The number of hydrogen-bond acceptors (Lipinski definition) is 3. The third-order valence-electron chi connectivity index (χ3n) is 2.27. The molecule has 0 aliphatic carbocycles. The monoisotopic (exact) mass is 246 g/mol. The van der Waals surface area contributed by atoms with Gasteiger partial charge >= 0.3 is 12.0 Å². The zero-order valence-electron chi connectivity index (χ0n) is 10.9. The van der Waals surface area contributed by atoms with E-state index in [-0.39, 0.29) is 18.7 Å². The quantitative estimate of drug-likeness (QED) is 0.620. The van der Waals surface area contributed by atoms with Gasteiger partial charge in [-0.1, -0.05) is 0 Å². The number of carbonyl (C=O) groups is 2. The van der Waals surface area contributed by atoms with Crippen LogP contribution in [0.2, 0.25) is 0 Å². The summed E-state index contributed by atoms with van der Waals surface area (Å²) in [5, 5.41) is 14.0. The lowest BCUT2D eigenvalue weighted by Crippen LogP contribution is -2.45. The van der Waals surface area contributed by atoms with E-state index in [1.165, 1.54) is 0 Å². The third kappa shape index (κ3) is 6.78. The van der Waals surface area contributed by atoms with E-state index in [0.717, 1.165) is 0 Å². The molecule has 1 atom stereocenters. The molecule has 0 bridgehead atoms. The minimum Gasteiger partial charge on any atom is -0.481 e. The Bertz CT molecular complexity index is 266. The maximum absolute atomic E-state index is 11.4. The largest absolute Gasteiger partial charge is 0.481 e. The van der Waals surface area contributed by atoms with Crippen LogP contribution in [0.25, 0.3) is 0 Å². The van der Waals surface area contributed by atoms with Crippen molar-refractivity contribution >= 4 is 12.0 Å². The summed E-state index contributed by atoms with van der Waals surface area (Å²) in [6.07, 6.45) is -0.0572. The van der Waals surface area contributed by atoms with Crippen molar-refractivity contribution in [2.75, 3.05) is 19.7 Å². The Morgan fingerprint density at radius 1 is 1.35 bits per heavy atom. The fourth-order valence-electron chi connectivity index (χ4n) is 1.02. The first-order valence-corrected chi connectivity index (χ1v) is 5.66. The van der Waals surface area contributed by atoms with Gasteiger partial charge in [-0.3, -0.25) is 4.79 Å². The Morgan fingerprint density at radius 3 is 2.41 bits per heavy atom. The van der Waals surface area contributed by atoms with E-state index in [2.05, 4.69) is 10.6 Å². The van der Waals surface area contributed by atoms with Gasteiger partial charge in [0.05, 0.1) is 11.5 Å². The molecule has 0 saturated carbocycles. The molecule has 0 fully saturated rings. The number of rotatable bonds is 7. The molecule has 0 spiro atoms. The summed E-state index contributed by atoms with van der Waals surface area (Å²) in [7, 11) is 0. The Kier molecular flexibility index (Phi) is 6.57. The summed E-state index contributed by atoms with van der Waals surface area (Å²) in [4.78, 5) is 22.1. The standard InChI is InChI=1S/C11H22N2O4/c1-5-17-8(2)6-12-10(16)13-7-11(3,4)9(14)15/h8H,5-7H2,1-4H3,(H,14,15)(H2,12,13,16). The summed E-state index contributed by atoms with van der Waals surface area (Å²) >= 11 is 0. The summed E-state index contributed by atoms with van der Waals surface area (Å²) < 4.78 is 5.24. The minimum atomic E-state index is -0.969. The first-order valence-electron chi connectivity index (χ1n) is 5.66. The van der Waals surface area contributed by atoms with Crippen LogP contribution >= 0.6 is 0 Å². The molecular weight excluding hydrogens is 224 g/mol. The maximum Gasteiger partial charge on any atom is 0.314 e. The van der Waals surface area contributed by atoms with Crippen LogP contribution in [0.1, 0.15) is 27.7 Å². The van der Waals surface area contributed by atoms with Crippen LogP contribution in [0.4, 0.5) is 4.79 Å². The minimum absolute atomic E-state index is 0.0572. The van der Waals surface area contributed by atoms with Crippen LogP contribution in [-0.2, 0) is 9.53 Å². The zero-order valence-corrected chi connectivity index (χ0v) is 10.9.